The molecule has 0 saturated heterocycles. The van der Waals surface area contributed by atoms with Crippen LogP contribution < -0.4 is 14.8 Å². The molecule has 0 spiro atoms. The molecule has 1 aliphatic carbocycles. The highest BCUT2D eigenvalue weighted by Crippen LogP contribution is 2.38. The quantitative estimate of drug-likeness (QED) is 0.554. The Bertz CT molecular complexity index is 867. The monoisotopic (exact) mass is 448 g/mol. The first-order chi connectivity index (χ1) is 15.1. The van der Waals surface area contributed by atoms with Crippen LogP contribution >= 0.6 is 11.8 Å². The van der Waals surface area contributed by atoms with Gasteiger partial charge >= 0.3 is 0 Å². The Balaban J connectivity index is 1.85. The van der Waals surface area contributed by atoms with E-state index in [1.807, 2.05) is 25.1 Å². The Hall–Kier alpha value is -2.26. The normalized spacial score (nSPS) is 15.5. The number of ether oxygens (including phenoxy) is 3. The number of thioether (sulfide) groups is 1. The van der Waals surface area contributed by atoms with Gasteiger partial charge < -0.3 is 19.5 Å². The zero-order chi connectivity index (χ0) is 22.2. The van der Waals surface area contributed by atoms with Crippen molar-refractivity contribution >= 4 is 17.7 Å². The number of benzene rings is 1. The number of carbonyl (C=O) groups excluding carboxylic acids is 1. The molecule has 1 unspecified atom stereocenters. The standard InChI is InChI=1S/C22H32N4O4S/c1-15(13-28-2)23-20(27)14-31-22-25-24-21(26(22)17-8-6-5-7-9-17)16-10-11-18(29-3)19(12-16)30-4/h10-12,15,17H,5-9,13-14H2,1-4H3,(H,23,27). The second-order valence-corrected chi connectivity index (χ2v) is 8.69. The first-order valence-electron chi connectivity index (χ1n) is 10.7. The molecule has 170 valence electrons. The number of nitrogens with one attached hydrogen (secondary N) is 1. The molecule has 1 amide bonds. The van der Waals surface area contributed by atoms with Crippen LogP contribution in [0.1, 0.15) is 45.1 Å². The number of aromatic nitrogens is 3. The molecule has 1 aromatic carbocycles. The van der Waals surface area contributed by atoms with Gasteiger partial charge in [0.25, 0.3) is 0 Å². The van der Waals surface area contributed by atoms with Gasteiger partial charge in [0.2, 0.25) is 5.91 Å². The molecule has 1 N–H and O–H groups in total. The number of carbonyl (C=O) groups is 1. The van der Waals surface area contributed by atoms with E-state index in [2.05, 4.69) is 20.1 Å². The van der Waals surface area contributed by atoms with Gasteiger partial charge in [0, 0.05) is 24.8 Å². The van der Waals surface area contributed by atoms with Gasteiger partial charge in [-0.3, -0.25) is 9.36 Å². The maximum atomic E-state index is 12.3. The summed E-state index contributed by atoms with van der Waals surface area (Å²) in [4.78, 5) is 12.3. The van der Waals surface area contributed by atoms with Gasteiger partial charge in [0.05, 0.1) is 26.6 Å². The molecule has 1 fully saturated rings. The largest absolute Gasteiger partial charge is 0.493 e. The van der Waals surface area contributed by atoms with E-state index in [-0.39, 0.29) is 17.7 Å². The van der Waals surface area contributed by atoms with Crippen molar-refractivity contribution in [1.29, 1.82) is 0 Å². The number of nitrogens with zero attached hydrogens (tertiary/aromatic N) is 3. The highest BCUT2D eigenvalue weighted by atomic mass is 32.2. The van der Waals surface area contributed by atoms with Crippen LogP contribution in [0.3, 0.4) is 0 Å². The van der Waals surface area contributed by atoms with Crippen LogP contribution in [0, 0.1) is 0 Å². The fourth-order valence-corrected chi connectivity index (χ4v) is 4.77. The van der Waals surface area contributed by atoms with Crippen LogP contribution in [-0.4, -0.2) is 60.4 Å². The molecule has 1 heterocycles. The third-order valence-electron chi connectivity index (χ3n) is 5.40. The number of methoxy groups -OCH3 is 3. The average molecular weight is 449 g/mol. The lowest BCUT2D eigenvalue weighted by atomic mass is 9.95. The lowest BCUT2D eigenvalue weighted by Crippen LogP contribution is -2.36. The van der Waals surface area contributed by atoms with Crippen molar-refractivity contribution in [3.63, 3.8) is 0 Å². The van der Waals surface area contributed by atoms with Crippen LogP contribution in [0.5, 0.6) is 11.5 Å². The molecule has 31 heavy (non-hydrogen) atoms. The van der Waals surface area contributed by atoms with Crippen LogP contribution in [0.2, 0.25) is 0 Å². The van der Waals surface area contributed by atoms with Gasteiger partial charge in [-0.2, -0.15) is 0 Å². The molecule has 9 heteroatoms. The maximum Gasteiger partial charge on any atom is 0.230 e. The second kappa shape index (κ2) is 11.4. The first kappa shape index (κ1) is 23.4. The number of hydrogen-bond donors (Lipinski definition) is 1. The van der Waals surface area contributed by atoms with Gasteiger partial charge in [0.15, 0.2) is 22.5 Å². The molecule has 0 aliphatic heterocycles. The van der Waals surface area contributed by atoms with E-state index in [1.54, 1.807) is 21.3 Å². The Morgan fingerprint density at radius 2 is 1.90 bits per heavy atom. The van der Waals surface area contributed by atoms with Crippen molar-refractivity contribution < 1.29 is 19.0 Å². The van der Waals surface area contributed by atoms with E-state index >= 15 is 0 Å². The Labute approximate surface area is 188 Å². The van der Waals surface area contributed by atoms with Crippen molar-refractivity contribution in [2.45, 2.75) is 56.3 Å². The minimum Gasteiger partial charge on any atom is -0.493 e. The maximum absolute atomic E-state index is 12.3. The van der Waals surface area contributed by atoms with Gasteiger partial charge in [-0.25, -0.2) is 0 Å². The third kappa shape index (κ3) is 5.92. The molecule has 1 atom stereocenters. The van der Waals surface area contributed by atoms with Crippen LogP contribution in [0.25, 0.3) is 11.4 Å². The van der Waals surface area contributed by atoms with E-state index in [4.69, 9.17) is 14.2 Å². The average Bonchev–Trinajstić information content (AvgIpc) is 3.22. The molecule has 2 aromatic rings. The van der Waals surface area contributed by atoms with Crippen molar-refractivity contribution in [2.75, 3.05) is 33.7 Å². The van der Waals surface area contributed by atoms with E-state index in [0.717, 1.165) is 29.4 Å². The summed E-state index contributed by atoms with van der Waals surface area (Å²) < 4.78 is 18.1. The summed E-state index contributed by atoms with van der Waals surface area (Å²) in [6, 6.07) is 6.07. The molecule has 1 saturated carbocycles. The summed E-state index contributed by atoms with van der Waals surface area (Å²) in [6.07, 6.45) is 5.80. The third-order valence-corrected chi connectivity index (χ3v) is 6.35. The highest BCUT2D eigenvalue weighted by molar-refractivity contribution is 7.99. The zero-order valence-electron chi connectivity index (χ0n) is 18.7. The molecule has 3 rings (SSSR count). The molecule has 1 aromatic heterocycles. The van der Waals surface area contributed by atoms with E-state index in [9.17, 15) is 4.79 Å². The zero-order valence-corrected chi connectivity index (χ0v) is 19.5. The molecular formula is C22H32N4O4S. The van der Waals surface area contributed by atoms with E-state index in [1.165, 1.54) is 31.0 Å². The molecule has 0 radical (unpaired) electrons. The fourth-order valence-electron chi connectivity index (χ4n) is 3.95. The summed E-state index contributed by atoms with van der Waals surface area (Å²) >= 11 is 1.42. The lowest BCUT2D eigenvalue weighted by molar-refractivity contribution is -0.119. The molecule has 0 bridgehead atoms. The van der Waals surface area contributed by atoms with E-state index in [0.29, 0.717) is 24.1 Å². The fraction of sp³-hybridized carbons (Fsp3) is 0.591. The second-order valence-electron chi connectivity index (χ2n) is 7.75. The number of rotatable bonds is 10. The van der Waals surface area contributed by atoms with Crippen molar-refractivity contribution in [3.8, 4) is 22.9 Å². The topological polar surface area (TPSA) is 87.5 Å². The summed E-state index contributed by atoms with van der Waals surface area (Å²) in [6.45, 7) is 2.41. The van der Waals surface area contributed by atoms with Crippen LogP contribution in [0.4, 0.5) is 0 Å². The minimum atomic E-state index is -0.0413. The molecule has 1 aliphatic rings. The SMILES string of the molecule is COCC(C)NC(=O)CSc1nnc(-c2ccc(OC)c(OC)c2)n1C1CCCCC1. The van der Waals surface area contributed by atoms with Gasteiger partial charge in [-0.15, -0.1) is 10.2 Å². The predicted octanol–water partition coefficient (Wildman–Crippen LogP) is 3.71. The summed E-state index contributed by atoms with van der Waals surface area (Å²) in [5.41, 5.74) is 0.917. The van der Waals surface area contributed by atoms with E-state index < -0.39 is 0 Å². The van der Waals surface area contributed by atoms with Crippen LogP contribution in [0.15, 0.2) is 23.4 Å². The smallest absolute Gasteiger partial charge is 0.230 e. The van der Waals surface area contributed by atoms with Gasteiger partial charge in [-0.05, 0) is 38.0 Å². The molecule has 8 nitrogen and oxygen atoms in total. The number of hydrogen-bond acceptors (Lipinski definition) is 7. The van der Waals surface area contributed by atoms with Crippen molar-refractivity contribution in [1.82, 2.24) is 20.1 Å². The Kier molecular flexibility index (Phi) is 8.60. The van der Waals surface area contributed by atoms with Crippen molar-refractivity contribution in [3.05, 3.63) is 18.2 Å². The minimum absolute atomic E-state index is 0.0309. The van der Waals surface area contributed by atoms with Crippen LogP contribution in [-0.2, 0) is 9.53 Å². The Morgan fingerprint density at radius 1 is 1.16 bits per heavy atom. The Morgan fingerprint density at radius 3 is 2.58 bits per heavy atom. The highest BCUT2D eigenvalue weighted by Gasteiger charge is 2.25. The summed E-state index contributed by atoms with van der Waals surface area (Å²) in [5.74, 6) is 2.36. The lowest BCUT2D eigenvalue weighted by Gasteiger charge is -2.25. The number of amides is 1. The molecular weight excluding hydrogens is 416 g/mol. The first-order valence-corrected chi connectivity index (χ1v) is 11.6. The summed E-state index contributed by atoms with van der Waals surface area (Å²) in [7, 11) is 4.87. The van der Waals surface area contributed by atoms with Gasteiger partial charge in [0.1, 0.15) is 0 Å². The van der Waals surface area contributed by atoms with Crippen molar-refractivity contribution in [2.24, 2.45) is 0 Å². The summed E-state index contributed by atoms with van der Waals surface area (Å²) in [5, 5.41) is 12.7. The van der Waals surface area contributed by atoms with Gasteiger partial charge in [-0.1, -0.05) is 31.0 Å². The predicted molar refractivity (Wildman–Crippen MR) is 121 cm³/mol.